The Morgan fingerprint density at radius 3 is 2.51 bits per heavy atom. The van der Waals surface area contributed by atoms with Gasteiger partial charge in [-0.3, -0.25) is 0 Å². The number of aryl methyl sites for hydroxylation is 1. The fourth-order valence-corrected chi connectivity index (χ4v) is 4.39. The summed E-state index contributed by atoms with van der Waals surface area (Å²) in [6, 6.07) is 13.3. The van der Waals surface area contributed by atoms with Gasteiger partial charge in [0.15, 0.2) is 0 Å². The molecule has 0 fully saturated rings. The molecular formula is C29H30FNO6. The summed E-state index contributed by atoms with van der Waals surface area (Å²) < 4.78 is 20.3. The van der Waals surface area contributed by atoms with Crippen molar-refractivity contribution in [3.8, 4) is 17.2 Å². The van der Waals surface area contributed by atoms with Crippen LogP contribution in [0.25, 0.3) is 10.9 Å². The Hall–Kier alpha value is -4.04. The Labute approximate surface area is 214 Å². The third-order valence-corrected chi connectivity index (χ3v) is 6.28. The topological polar surface area (TPSA) is 112 Å². The summed E-state index contributed by atoms with van der Waals surface area (Å²) >= 11 is 0. The number of carbonyl (C=O) groups excluding carboxylic acids is 1. The molecule has 0 saturated carbocycles. The minimum atomic E-state index is -1.06. The number of aromatic nitrogens is 1. The number of nitrogens with zero attached hydrogens (tertiary/aromatic N) is 1. The molecule has 0 unspecified atom stereocenters. The van der Waals surface area contributed by atoms with E-state index >= 15 is 0 Å². The van der Waals surface area contributed by atoms with Gasteiger partial charge in [0.2, 0.25) is 0 Å². The number of fused-ring (bicyclic) bond motifs is 1. The molecule has 0 bridgehead atoms. The number of aromatic hydroxyl groups is 3. The molecule has 4 N–H and O–H groups in total. The van der Waals surface area contributed by atoms with E-state index < -0.39 is 17.9 Å². The number of hydrogen-bond donors (Lipinski definition) is 4. The van der Waals surface area contributed by atoms with Gasteiger partial charge in [0, 0.05) is 23.5 Å². The molecule has 1 aromatic heterocycles. The Bertz CT molecular complexity index is 1390. The predicted octanol–water partition coefficient (Wildman–Crippen LogP) is 5.05. The molecule has 0 amide bonds. The van der Waals surface area contributed by atoms with Crippen molar-refractivity contribution in [2.75, 3.05) is 6.61 Å². The largest absolute Gasteiger partial charge is 0.508 e. The minimum absolute atomic E-state index is 0.00224. The molecule has 1 atom stereocenters. The van der Waals surface area contributed by atoms with E-state index in [1.807, 2.05) is 4.57 Å². The number of unbranched alkanes of at least 4 members (excludes halogenated alkanes) is 1. The number of esters is 1. The molecule has 0 saturated heterocycles. The summed E-state index contributed by atoms with van der Waals surface area (Å²) in [5.41, 5.74) is 2.68. The summed E-state index contributed by atoms with van der Waals surface area (Å²) in [4.78, 5) is 12.2. The molecule has 8 heteroatoms. The van der Waals surface area contributed by atoms with Crippen LogP contribution in [0.5, 0.6) is 17.2 Å². The second kappa shape index (κ2) is 11.3. The van der Waals surface area contributed by atoms with E-state index in [2.05, 4.69) is 6.92 Å². The van der Waals surface area contributed by atoms with E-state index in [1.54, 1.807) is 30.5 Å². The fourth-order valence-electron chi connectivity index (χ4n) is 4.39. The second-order valence-electron chi connectivity index (χ2n) is 9.17. The Balaban J connectivity index is 1.53. The van der Waals surface area contributed by atoms with Crippen LogP contribution in [0.3, 0.4) is 0 Å². The lowest BCUT2D eigenvalue weighted by Crippen LogP contribution is -2.21. The predicted molar refractivity (Wildman–Crippen MR) is 137 cm³/mol. The first-order valence-electron chi connectivity index (χ1n) is 12.2. The molecule has 7 nitrogen and oxygen atoms in total. The van der Waals surface area contributed by atoms with Crippen molar-refractivity contribution in [1.82, 2.24) is 4.57 Å². The highest BCUT2D eigenvalue weighted by molar-refractivity contribution is 5.89. The van der Waals surface area contributed by atoms with Crippen molar-refractivity contribution >= 4 is 16.9 Å². The van der Waals surface area contributed by atoms with Gasteiger partial charge in [0.05, 0.1) is 23.8 Å². The molecule has 37 heavy (non-hydrogen) atoms. The quantitative estimate of drug-likeness (QED) is 0.224. The normalized spacial score (nSPS) is 12.1. The lowest BCUT2D eigenvalue weighted by atomic mass is 10.0. The third kappa shape index (κ3) is 6.21. The average Bonchev–Trinajstić information content (AvgIpc) is 3.19. The first kappa shape index (κ1) is 26.0. The lowest BCUT2D eigenvalue weighted by Gasteiger charge is -2.12. The summed E-state index contributed by atoms with van der Waals surface area (Å²) in [5.74, 6) is -1.26. The van der Waals surface area contributed by atoms with Crippen LogP contribution in [0.4, 0.5) is 4.39 Å². The molecule has 0 aliphatic rings. The molecule has 0 aliphatic carbocycles. The molecular weight excluding hydrogens is 477 g/mol. The van der Waals surface area contributed by atoms with Gasteiger partial charge in [0.25, 0.3) is 0 Å². The molecule has 0 aliphatic heterocycles. The molecule has 4 rings (SSSR count). The van der Waals surface area contributed by atoms with Crippen molar-refractivity contribution in [3.63, 3.8) is 0 Å². The molecule has 1 heterocycles. The van der Waals surface area contributed by atoms with Crippen molar-refractivity contribution in [1.29, 1.82) is 0 Å². The number of carbonyl (C=O) groups is 1. The van der Waals surface area contributed by atoms with E-state index in [4.69, 9.17) is 4.74 Å². The first-order chi connectivity index (χ1) is 17.7. The summed E-state index contributed by atoms with van der Waals surface area (Å²) in [6.45, 7) is 1.94. The van der Waals surface area contributed by atoms with Gasteiger partial charge in [-0.2, -0.15) is 0 Å². The Morgan fingerprint density at radius 2 is 1.81 bits per heavy atom. The van der Waals surface area contributed by atoms with E-state index in [0.29, 0.717) is 16.5 Å². The van der Waals surface area contributed by atoms with Crippen molar-refractivity contribution < 1.29 is 34.3 Å². The van der Waals surface area contributed by atoms with Crippen molar-refractivity contribution in [2.24, 2.45) is 0 Å². The van der Waals surface area contributed by atoms with Gasteiger partial charge < -0.3 is 29.7 Å². The first-order valence-corrected chi connectivity index (χ1v) is 12.2. The Kier molecular flexibility index (Phi) is 7.98. The standard InChI is InChI=1S/C29H30FNO6/c1-2-3-5-18-10-27(34)25(28(35)11-18)16-31-15-20(24-14-22(32)8-9-26(24)31)13-23(33)17-37-29(36)19-6-4-7-21(30)12-19/h4,6-12,14-15,23,32-35H,2-3,5,13,16-17H2,1H3/t23-/m0/s1. The molecule has 4 aromatic rings. The minimum Gasteiger partial charge on any atom is -0.508 e. The number of halogens is 1. The SMILES string of the molecule is CCCCc1cc(O)c(Cn2cc(C[C@H](O)COC(=O)c3cccc(F)c3)c3cc(O)ccc32)c(O)c1. The number of phenols is 3. The zero-order chi connectivity index (χ0) is 26.5. The highest BCUT2D eigenvalue weighted by atomic mass is 19.1. The number of phenolic OH excluding ortho intramolecular Hbond substituents is 3. The van der Waals surface area contributed by atoms with Gasteiger partial charge in [-0.25, -0.2) is 9.18 Å². The highest BCUT2D eigenvalue weighted by Gasteiger charge is 2.18. The maximum Gasteiger partial charge on any atom is 0.338 e. The van der Waals surface area contributed by atoms with Crippen molar-refractivity contribution in [2.45, 2.75) is 45.3 Å². The van der Waals surface area contributed by atoms with Gasteiger partial charge in [-0.05, 0) is 72.5 Å². The number of aliphatic hydroxyl groups excluding tert-OH is 1. The molecule has 3 aromatic carbocycles. The number of rotatable bonds is 10. The Morgan fingerprint density at radius 1 is 1.05 bits per heavy atom. The maximum atomic E-state index is 13.4. The zero-order valence-electron chi connectivity index (χ0n) is 20.5. The van der Waals surface area contributed by atoms with Gasteiger partial charge in [0.1, 0.15) is 29.7 Å². The third-order valence-electron chi connectivity index (χ3n) is 6.28. The van der Waals surface area contributed by atoms with Crippen LogP contribution in [0.2, 0.25) is 0 Å². The molecule has 0 radical (unpaired) electrons. The summed E-state index contributed by atoms with van der Waals surface area (Å²) in [7, 11) is 0. The van der Waals surface area contributed by atoms with Crippen LogP contribution in [0.15, 0.2) is 60.8 Å². The molecule has 0 spiro atoms. The van der Waals surface area contributed by atoms with Crippen LogP contribution < -0.4 is 0 Å². The monoisotopic (exact) mass is 507 g/mol. The van der Waals surface area contributed by atoms with Crippen LogP contribution in [0.1, 0.15) is 46.8 Å². The number of aliphatic hydroxyl groups is 1. The summed E-state index contributed by atoms with van der Waals surface area (Å²) in [6.07, 6.45) is 3.54. The van der Waals surface area contributed by atoms with Gasteiger partial charge in [-0.1, -0.05) is 19.4 Å². The van der Waals surface area contributed by atoms with E-state index in [-0.39, 0.29) is 42.4 Å². The second-order valence-corrected chi connectivity index (χ2v) is 9.17. The highest BCUT2D eigenvalue weighted by Crippen LogP contribution is 2.33. The van der Waals surface area contributed by atoms with E-state index in [0.717, 1.165) is 36.4 Å². The molecule has 194 valence electrons. The number of hydrogen-bond acceptors (Lipinski definition) is 6. The number of ether oxygens (including phenoxy) is 1. The maximum absolute atomic E-state index is 13.4. The zero-order valence-corrected chi connectivity index (χ0v) is 20.5. The van der Waals surface area contributed by atoms with Crippen LogP contribution >= 0.6 is 0 Å². The van der Waals surface area contributed by atoms with E-state index in [1.165, 1.54) is 24.3 Å². The smallest absolute Gasteiger partial charge is 0.338 e. The van der Waals surface area contributed by atoms with Gasteiger partial charge >= 0.3 is 5.97 Å². The number of benzene rings is 3. The average molecular weight is 508 g/mol. The lowest BCUT2D eigenvalue weighted by molar-refractivity contribution is 0.0259. The summed E-state index contributed by atoms with van der Waals surface area (Å²) in [5, 5.41) is 42.5. The van der Waals surface area contributed by atoms with Gasteiger partial charge in [-0.15, -0.1) is 0 Å². The van der Waals surface area contributed by atoms with Crippen LogP contribution in [0, 0.1) is 5.82 Å². The van der Waals surface area contributed by atoms with Crippen LogP contribution in [-0.2, 0) is 24.1 Å². The fraction of sp³-hybridized carbons (Fsp3) is 0.276. The van der Waals surface area contributed by atoms with Crippen LogP contribution in [-0.4, -0.2) is 43.7 Å². The van der Waals surface area contributed by atoms with E-state index in [9.17, 15) is 29.6 Å². The van der Waals surface area contributed by atoms with Crippen molar-refractivity contribution in [3.05, 3.63) is 88.9 Å².